The average molecular weight is 103 g/mol. The summed E-state index contributed by atoms with van der Waals surface area (Å²) in [5.41, 5.74) is 1.17. The van der Waals surface area contributed by atoms with Gasteiger partial charge in [0, 0.05) is 0 Å². The summed E-state index contributed by atoms with van der Waals surface area (Å²) in [6, 6.07) is 0. The van der Waals surface area contributed by atoms with Crippen molar-refractivity contribution in [1.29, 1.82) is 0 Å². The second-order valence-corrected chi connectivity index (χ2v) is 2.81. The predicted octanol–water partition coefficient (Wildman–Crippen LogP) is 1.94. The second kappa shape index (κ2) is 0.812. The standard InChI is InChI=1S/C5H7Cl/c1-4-3-5(4,2)6/h1,3H2,2H3. The molecule has 0 N–H and O–H groups in total. The number of hydrogen-bond acceptors (Lipinski definition) is 0. The normalized spacial score (nSPS) is 43.3. The molecule has 1 rings (SSSR count). The van der Waals surface area contributed by atoms with Crippen LogP contribution in [0.2, 0.25) is 0 Å². The Hall–Kier alpha value is 0.0300. The first-order valence-electron chi connectivity index (χ1n) is 2.00. The van der Waals surface area contributed by atoms with Gasteiger partial charge in [0.25, 0.3) is 0 Å². The molecule has 1 aliphatic carbocycles. The fourth-order valence-corrected chi connectivity index (χ4v) is 0.518. The lowest BCUT2D eigenvalue weighted by Crippen LogP contribution is -1.82. The van der Waals surface area contributed by atoms with Crippen LogP contribution in [0.25, 0.3) is 0 Å². The van der Waals surface area contributed by atoms with Gasteiger partial charge in [-0.3, -0.25) is 0 Å². The van der Waals surface area contributed by atoms with Gasteiger partial charge in [-0.25, -0.2) is 0 Å². The van der Waals surface area contributed by atoms with Gasteiger partial charge in [0.15, 0.2) is 0 Å². The Morgan fingerprint density at radius 1 is 2.00 bits per heavy atom. The Labute approximate surface area is 42.8 Å². The van der Waals surface area contributed by atoms with Crippen molar-refractivity contribution in [3.8, 4) is 0 Å². The summed E-state index contributed by atoms with van der Waals surface area (Å²) in [4.78, 5) is -0.0139. The number of alkyl halides is 1. The molecule has 1 saturated carbocycles. The van der Waals surface area contributed by atoms with E-state index in [-0.39, 0.29) is 4.87 Å². The third-order valence-electron chi connectivity index (χ3n) is 1.16. The molecule has 0 saturated heterocycles. The SMILES string of the molecule is C=C1CC1(C)Cl. The molecular formula is C5H7Cl. The van der Waals surface area contributed by atoms with Crippen LogP contribution in [0.1, 0.15) is 13.3 Å². The molecule has 1 aliphatic rings. The molecule has 0 aromatic heterocycles. The highest BCUT2D eigenvalue weighted by Crippen LogP contribution is 2.46. The number of allylic oxidation sites excluding steroid dienone is 1. The van der Waals surface area contributed by atoms with Gasteiger partial charge in [-0.05, 0) is 13.3 Å². The van der Waals surface area contributed by atoms with E-state index in [4.69, 9.17) is 11.6 Å². The quantitative estimate of drug-likeness (QED) is 0.324. The van der Waals surface area contributed by atoms with Gasteiger partial charge >= 0.3 is 0 Å². The Kier molecular flexibility index (Phi) is 0.568. The van der Waals surface area contributed by atoms with Crippen LogP contribution in [0.4, 0.5) is 0 Å². The maximum Gasteiger partial charge on any atom is 0.0662 e. The molecule has 0 aliphatic heterocycles. The van der Waals surface area contributed by atoms with Crippen molar-refractivity contribution in [2.24, 2.45) is 0 Å². The minimum Gasteiger partial charge on any atom is -0.114 e. The second-order valence-electron chi connectivity index (χ2n) is 1.98. The molecular weight excluding hydrogens is 95.5 g/mol. The van der Waals surface area contributed by atoms with Crippen molar-refractivity contribution in [3.05, 3.63) is 12.2 Å². The lowest BCUT2D eigenvalue weighted by atomic mass is 10.5. The fraction of sp³-hybridized carbons (Fsp3) is 0.600. The maximum absolute atomic E-state index is 5.69. The zero-order valence-electron chi connectivity index (χ0n) is 3.79. The summed E-state index contributed by atoms with van der Waals surface area (Å²) in [6.07, 6.45) is 1.01. The van der Waals surface area contributed by atoms with E-state index < -0.39 is 0 Å². The molecule has 0 aromatic rings. The molecule has 0 amide bonds. The van der Waals surface area contributed by atoms with Crippen LogP contribution >= 0.6 is 11.6 Å². The highest BCUT2D eigenvalue weighted by molar-refractivity contribution is 6.28. The molecule has 1 atom stereocenters. The summed E-state index contributed by atoms with van der Waals surface area (Å²) >= 11 is 5.69. The number of rotatable bonds is 0. The van der Waals surface area contributed by atoms with Gasteiger partial charge in [0.05, 0.1) is 4.87 Å². The van der Waals surface area contributed by atoms with Crippen molar-refractivity contribution in [1.82, 2.24) is 0 Å². The highest BCUT2D eigenvalue weighted by Gasteiger charge is 2.39. The Morgan fingerprint density at radius 3 is 2.17 bits per heavy atom. The van der Waals surface area contributed by atoms with E-state index in [1.54, 1.807) is 0 Å². The van der Waals surface area contributed by atoms with E-state index in [0.717, 1.165) is 6.42 Å². The molecule has 0 heterocycles. The zero-order chi connectivity index (χ0) is 4.78. The fourth-order valence-electron chi connectivity index (χ4n) is 0.357. The van der Waals surface area contributed by atoms with Gasteiger partial charge in [0.1, 0.15) is 0 Å². The Bertz CT molecular complexity index is 92.1. The topological polar surface area (TPSA) is 0 Å². The molecule has 0 radical (unpaired) electrons. The third-order valence-corrected chi connectivity index (χ3v) is 1.56. The number of halogens is 1. The summed E-state index contributed by atoms with van der Waals surface area (Å²) in [5.74, 6) is 0. The van der Waals surface area contributed by atoms with Crippen LogP contribution in [0.5, 0.6) is 0 Å². The van der Waals surface area contributed by atoms with Crippen LogP contribution in [0.15, 0.2) is 12.2 Å². The average Bonchev–Trinajstić information content (AvgIpc) is 1.73. The van der Waals surface area contributed by atoms with E-state index in [0.29, 0.717) is 0 Å². The third kappa shape index (κ3) is 0.454. The molecule has 34 valence electrons. The highest BCUT2D eigenvalue weighted by atomic mass is 35.5. The first-order valence-corrected chi connectivity index (χ1v) is 2.38. The molecule has 0 aromatic carbocycles. The predicted molar refractivity (Wildman–Crippen MR) is 28.0 cm³/mol. The summed E-state index contributed by atoms with van der Waals surface area (Å²) in [5, 5.41) is 0. The molecule has 1 fully saturated rings. The maximum atomic E-state index is 5.69. The smallest absolute Gasteiger partial charge is 0.0662 e. The number of hydrogen-bond donors (Lipinski definition) is 0. The minimum absolute atomic E-state index is 0.0139. The van der Waals surface area contributed by atoms with E-state index in [2.05, 4.69) is 6.58 Å². The van der Waals surface area contributed by atoms with Crippen molar-refractivity contribution in [2.75, 3.05) is 0 Å². The van der Waals surface area contributed by atoms with Gasteiger partial charge in [-0.2, -0.15) is 0 Å². The van der Waals surface area contributed by atoms with Crippen LogP contribution in [0.3, 0.4) is 0 Å². The first-order chi connectivity index (χ1) is 2.63. The van der Waals surface area contributed by atoms with Crippen molar-refractivity contribution < 1.29 is 0 Å². The zero-order valence-corrected chi connectivity index (χ0v) is 4.55. The van der Waals surface area contributed by atoms with Crippen LogP contribution in [0, 0.1) is 0 Å². The van der Waals surface area contributed by atoms with Gasteiger partial charge in [-0.15, -0.1) is 11.6 Å². The van der Waals surface area contributed by atoms with Crippen molar-refractivity contribution in [3.63, 3.8) is 0 Å². The van der Waals surface area contributed by atoms with Crippen molar-refractivity contribution in [2.45, 2.75) is 18.2 Å². The van der Waals surface area contributed by atoms with Gasteiger partial charge in [0.2, 0.25) is 0 Å². The molecule has 0 spiro atoms. The monoisotopic (exact) mass is 102 g/mol. The van der Waals surface area contributed by atoms with E-state index >= 15 is 0 Å². The summed E-state index contributed by atoms with van der Waals surface area (Å²) < 4.78 is 0. The first kappa shape index (κ1) is 4.20. The van der Waals surface area contributed by atoms with Crippen LogP contribution < -0.4 is 0 Å². The van der Waals surface area contributed by atoms with Crippen molar-refractivity contribution >= 4 is 11.6 Å². The molecule has 0 bridgehead atoms. The Morgan fingerprint density at radius 2 is 2.17 bits per heavy atom. The largest absolute Gasteiger partial charge is 0.114 e. The lowest BCUT2D eigenvalue weighted by molar-refractivity contribution is 1.07. The summed E-state index contributed by atoms with van der Waals surface area (Å²) in [7, 11) is 0. The Balaban J connectivity index is 2.63. The molecule has 0 nitrogen and oxygen atoms in total. The minimum atomic E-state index is -0.0139. The van der Waals surface area contributed by atoms with Gasteiger partial charge < -0.3 is 0 Å². The van der Waals surface area contributed by atoms with Crippen LogP contribution in [-0.4, -0.2) is 4.87 Å². The van der Waals surface area contributed by atoms with E-state index in [1.807, 2.05) is 6.92 Å². The van der Waals surface area contributed by atoms with E-state index in [9.17, 15) is 0 Å². The van der Waals surface area contributed by atoms with Gasteiger partial charge in [-0.1, -0.05) is 12.2 Å². The molecule has 6 heavy (non-hydrogen) atoms. The summed E-state index contributed by atoms with van der Waals surface area (Å²) in [6.45, 7) is 5.67. The van der Waals surface area contributed by atoms with E-state index in [1.165, 1.54) is 5.57 Å². The van der Waals surface area contributed by atoms with Crippen LogP contribution in [-0.2, 0) is 0 Å². The lowest BCUT2D eigenvalue weighted by Gasteiger charge is -1.83. The molecule has 1 unspecified atom stereocenters. The molecule has 1 heteroatoms.